The van der Waals surface area contributed by atoms with E-state index in [1.165, 1.54) is 44.2 Å². The zero-order chi connectivity index (χ0) is 11.7. The lowest BCUT2D eigenvalue weighted by Gasteiger charge is -2.38. The Morgan fingerprint density at radius 1 is 1.06 bits per heavy atom. The van der Waals surface area contributed by atoms with Crippen molar-refractivity contribution < 1.29 is 0 Å². The van der Waals surface area contributed by atoms with Gasteiger partial charge in [-0.3, -0.25) is 0 Å². The average Bonchev–Trinajstić information content (AvgIpc) is 2.39. The molecule has 1 heteroatoms. The number of benzene rings is 1. The van der Waals surface area contributed by atoms with Gasteiger partial charge in [0.05, 0.1) is 0 Å². The first-order valence-corrected chi connectivity index (χ1v) is 7.20. The largest absolute Gasteiger partial charge is 0.382 e. The van der Waals surface area contributed by atoms with Gasteiger partial charge in [-0.1, -0.05) is 37.5 Å². The van der Waals surface area contributed by atoms with Crippen LogP contribution in [-0.4, -0.2) is 6.04 Å². The molecule has 1 aromatic carbocycles. The van der Waals surface area contributed by atoms with Crippen LogP contribution in [0.25, 0.3) is 0 Å². The van der Waals surface area contributed by atoms with E-state index in [-0.39, 0.29) is 0 Å². The zero-order valence-corrected chi connectivity index (χ0v) is 10.8. The predicted octanol–water partition coefficient (Wildman–Crippen LogP) is 4.55. The van der Waals surface area contributed by atoms with Gasteiger partial charge in [0.15, 0.2) is 0 Å². The fraction of sp³-hybridized carbons (Fsp3) is 0.625. The lowest BCUT2D eigenvalue weighted by molar-refractivity contribution is 0.285. The smallest absolute Gasteiger partial charge is 0.0377 e. The van der Waals surface area contributed by atoms with Crippen molar-refractivity contribution in [2.75, 3.05) is 5.32 Å². The minimum Gasteiger partial charge on any atom is -0.382 e. The van der Waals surface area contributed by atoms with Gasteiger partial charge in [0.25, 0.3) is 0 Å². The Morgan fingerprint density at radius 2 is 1.82 bits per heavy atom. The third-order valence-corrected chi connectivity index (χ3v) is 4.59. The van der Waals surface area contributed by atoms with Crippen molar-refractivity contribution in [2.45, 2.75) is 57.4 Å². The number of hydrogen-bond donors (Lipinski definition) is 1. The van der Waals surface area contributed by atoms with Crippen LogP contribution in [0.15, 0.2) is 24.3 Å². The first kappa shape index (κ1) is 11.1. The summed E-state index contributed by atoms with van der Waals surface area (Å²) in [6.07, 6.45) is 8.58. The summed E-state index contributed by atoms with van der Waals surface area (Å²) >= 11 is 0. The van der Waals surface area contributed by atoms with Crippen LogP contribution in [0.4, 0.5) is 5.69 Å². The number of hydrogen-bond acceptors (Lipinski definition) is 1. The molecule has 0 radical (unpaired) electrons. The van der Waals surface area contributed by atoms with Crippen LogP contribution in [0, 0.1) is 5.92 Å². The minimum absolute atomic E-state index is 0.636. The zero-order valence-electron chi connectivity index (χ0n) is 10.8. The molecule has 0 bridgehead atoms. The van der Waals surface area contributed by atoms with Crippen molar-refractivity contribution in [1.29, 1.82) is 0 Å². The fourth-order valence-electron chi connectivity index (χ4n) is 3.77. The monoisotopic (exact) mass is 229 g/mol. The van der Waals surface area contributed by atoms with Gasteiger partial charge in [0.1, 0.15) is 0 Å². The van der Waals surface area contributed by atoms with Crippen molar-refractivity contribution >= 4 is 5.69 Å². The molecular formula is C16H23N. The summed E-state index contributed by atoms with van der Waals surface area (Å²) in [6.45, 7) is 2.33. The van der Waals surface area contributed by atoms with Gasteiger partial charge < -0.3 is 5.32 Å². The summed E-state index contributed by atoms with van der Waals surface area (Å²) in [5.74, 6) is 1.75. The minimum atomic E-state index is 0.636. The van der Waals surface area contributed by atoms with Crippen LogP contribution < -0.4 is 5.32 Å². The Bertz CT molecular complexity index is 379. The van der Waals surface area contributed by atoms with E-state index in [9.17, 15) is 0 Å². The van der Waals surface area contributed by atoms with E-state index < -0.39 is 0 Å². The molecule has 3 rings (SSSR count). The second-order valence-electron chi connectivity index (χ2n) is 5.87. The molecule has 1 aliphatic carbocycles. The maximum absolute atomic E-state index is 3.63. The molecule has 2 atom stereocenters. The lowest BCUT2D eigenvalue weighted by atomic mass is 9.72. The van der Waals surface area contributed by atoms with Crippen molar-refractivity contribution in [2.24, 2.45) is 5.92 Å². The molecule has 92 valence electrons. The van der Waals surface area contributed by atoms with E-state index in [0.717, 1.165) is 11.8 Å². The van der Waals surface area contributed by atoms with Crippen LogP contribution in [0.2, 0.25) is 0 Å². The quantitative estimate of drug-likeness (QED) is 0.744. The predicted molar refractivity (Wildman–Crippen MR) is 73.5 cm³/mol. The lowest BCUT2D eigenvalue weighted by Crippen LogP contribution is -2.29. The van der Waals surface area contributed by atoms with Gasteiger partial charge >= 0.3 is 0 Å². The van der Waals surface area contributed by atoms with E-state index in [1.807, 2.05) is 0 Å². The number of fused-ring (bicyclic) bond motifs is 1. The van der Waals surface area contributed by atoms with Crippen LogP contribution in [0.3, 0.4) is 0 Å². The molecule has 17 heavy (non-hydrogen) atoms. The first-order chi connectivity index (χ1) is 8.34. The number of nitrogens with one attached hydrogen (secondary N) is 1. The highest BCUT2D eigenvalue weighted by Crippen LogP contribution is 2.44. The van der Waals surface area contributed by atoms with Gasteiger partial charge in [0.2, 0.25) is 0 Å². The van der Waals surface area contributed by atoms with Crippen LogP contribution in [-0.2, 0) is 0 Å². The Morgan fingerprint density at radius 3 is 2.65 bits per heavy atom. The van der Waals surface area contributed by atoms with E-state index in [1.54, 1.807) is 5.56 Å². The number of anilines is 1. The van der Waals surface area contributed by atoms with Gasteiger partial charge in [-0.05, 0) is 49.7 Å². The molecule has 1 nitrogen and oxygen atoms in total. The summed E-state index contributed by atoms with van der Waals surface area (Å²) in [6, 6.07) is 9.58. The Balaban J connectivity index is 1.88. The van der Waals surface area contributed by atoms with E-state index in [0.29, 0.717) is 6.04 Å². The van der Waals surface area contributed by atoms with Gasteiger partial charge in [-0.25, -0.2) is 0 Å². The summed E-state index contributed by atoms with van der Waals surface area (Å²) < 4.78 is 0. The second-order valence-corrected chi connectivity index (χ2v) is 5.87. The molecule has 1 heterocycles. The van der Waals surface area contributed by atoms with E-state index >= 15 is 0 Å². The molecule has 0 amide bonds. The summed E-state index contributed by atoms with van der Waals surface area (Å²) in [5, 5.41) is 3.63. The highest BCUT2D eigenvalue weighted by molar-refractivity contribution is 5.55. The van der Waals surface area contributed by atoms with E-state index in [4.69, 9.17) is 0 Å². The average molecular weight is 229 g/mol. The molecule has 0 aromatic heterocycles. The molecule has 1 fully saturated rings. The van der Waals surface area contributed by atoms with Gasteiger partial charge in [-0.2, -0.15) is 0 Å². The molecule has 2 unspecified atom stereocenters. The molecule has 1 saturated carbocycles. The third kappa shape index (κ3) is 2.20. The molecule has 1 N–H and O–H groups in total. The number of para-hydroxylation sites is 1. The first-order valence-electron chi connectivity index (χ1n) is 7.20. The maximum Gasteiger partial charge on any atom is 0.0377 e. The maximum atomic E-state index is 3.63. The molecule has 0 saturated heterocycles. The Labute approximate surface area is 105 Å². The molecule has 1 aromatic rings. The van der Waals surface area contributed by atoms with Crippen LogP contribution in [0.1, 0.15) is 56.9 Å². The summed E-state index contributed by atoms with van der Waals surface area (Å²) in [7, 11) is 0. The SMILES string of the molecule is CC1CC(C2CCCCC2)c2ccccc2N1. The highest BCUT2D eigenvalue weighted by Gasteiger charge is 2.30. The highest BCUT2D eigenvalue weighted by atomic mass is 14.9. The normalized spacial score (nSPS) is 29.5. The van der Waals surface area contributed by atoms with Gasteiger partial charge in [-0.15, -0.1) is 0 Å². The fourth-order valence-corrected chi connectivity index (χ4v) is 3.77. The molecular weight excluding hydrogens is 206 g/mol. The summed E-state index contributed by atoms with van der Waals surface area (Å²) in [5.41, 5.74) is 2.97. The summed E-state index contributed by atoms with van der Waals surface area (Å²) in [4.78, 5) is 0. The third-order valence-electron chi connectivity index (χ3n) is 4.59. The van der Waals surface area contributed by atoms with E-state index in [2.05, 4.69) is 36.5 Å². The van der Waals surface area contributed by atoms with Gasteiger partial charge in [0, 0.05) is 11.7 Å². The standard InChI is InChI=1S/C16H23N/c1-12-11-15(13-7-3-2-4-8-13)14-9-5-6-10-16(14)17-12/h5-6,9-10,12-13,15,17H,2-4,7-8,11H2,1H3. The topological polar surface area (TPSA) is 12.0 Å². The van der Waals surface area contributed by atoms with Crippen LogP contribution in [0.5, 0.6) is 0 Å². The number of rotatable bonds is 1. The van der Waals surface area contributed by atoms with Crippen molar-refractivity contribution in [1.82, 2.24) is 0 Å². The Kier molecular flexibility index (Phi) is 3.09. The Hall–Kier alpha value is -0.980. The molecule has 1 aliphatic heterocycles. The second kappa shape index (κ2) is 4.72. The van der Waals surface area contributed by atoms with Crippen LogP contribution >= 0.6 is 0 Å². The molecule has 2 aliphatic rings. The van der Waals surface area contributed by atoms with Crippen molar-refractivity contribution in [3.8, 4) is 0 Å². The van der Waals surface area contributed by atoms with Crippen molar-refractivity contribution in [3.63, 3.8) is 0 Å². The molecule has 0 spiro atoms. The van der Waals surface area contributed by atoms with Crippen molar-refractivity contribution in [3.05, 3.63) is 29.8 Å².